The van der Waals surface area contributed by atoms with Gasteiger partial charge in [0.2, 0.25) is 0 Å². The minimum atomic E-state index is -1.70. The Labute approximate surface area is 117 Å². The summed E-state index contributed by atoms with van der Waals surface area (Å²) >= 11 is 0. The van der Waals surface area contributed by atoms with Crippen molar-refractivity contribution < 1.29 is 26.3 Å². The Morgan fingerprint density at radius 3 is 1.14 bits per heavy atom. The van der Waals surface area contributed by atoms with E-state index < -0.39 is 51.4 Å². The van der Waals surface area contributed by atoms with E-state index in [1.807, 2.05) is 0 Å². The molecule has 0 atom stereocenters. The third-order valence-electron chi connectivity index (χ3n) is 2.98. The number of benzene rings is 2. The molecule has 2 aromatic rings. The summed E-state index contributed by atoms with van der Waals surface area (Å²) in [4.78, 5) is 0. The number of halogens is 6. The molecule has 0 N–H and O–H groups in total. The summed E-state index contributed by atoms with van der Waals surface area (Å²) in [6.07, 6.45) is 0. The van der Waals surface area contributed by atoms with Crippen LogP contribution in [0.4, 0.5) is 26.3 Å². The highest BCUT2D eigenvalue weighted by Crippen LogP contribution is 2.35. The minimum absolute atomic E-state index is 0.601. The second-order valence-corrected chi connectivity index (χ2v) is 4.76. The van der Waals surface area contributed by atoms with E-state index in [-0.39, 0.29) is 0 Å². The Morgan fingerprint density at radius 2 is 0.810 bits per heavy atom. The van der Waals surface area contributed by atoms with Gasteiger partial charge in [0.25, 0.3) is 0 Å². The molecule has 0 spiro atoms. The Hall–Kier alpha value is -1.98. The molecule has 6 heteroatoms. The quantitative estimate of drug-likeness (QED) is 0.580. The predicted molar refractivity (Wildman–Crippen MR) is 60.1 cm³/mol. The van der Waals surface area contributed by atoms with Crippen LogP contribution in [0, 0.1) is 59.2 Å². The van der Waals surface area contributed by atoms with Crippen LogP contribution in [0.5, 0.6) is 0 Å². The van der Waals surface area contributed by atoms with E-state index in [1.165, 1.54) is 26.0 Å². The zero-order chi connectivity index (χ0) is 15.9. The predicted octanol–water partition coefficient (Wildman–Crippen LogP) is 4.05. The third-order valence-corrected chi connectivity index (χ3v) is 2.98. The first kappa shape index (κ1) is 15.4. The number of rotatable bonds is 2. The Kier molecular flexibility index (Phi) is 3.74. The first-order valence-electron chi connectivity index (χ1n) is 5.63. The normalized spacial score (nSPS) is 11.8. The van der Waals surface area contributed by atoms with E-state index in [0.29, 0.717) is 0 Å². The average molecular weight is 300 g/mol. The fourth-order valence-electron chi connectivity index (χ4n) is 1.85. The van der Waals surface area contributed by atoms with Gasteiger partial charge in [0.15, 0.2) is 23.3 Å². The molecule has 0 heterocycles. The van der Waals surface area contributed by atoms with E-state index in [9.17, 15) is 26.3 Å². The molecule has 0 aliphatic heterocycles. The molecule has 108 valence electrons. The third kappa shape index (κ3) is 2.62. The first-order valence-corrected chi connectivity index (χ1v) is 5.63. The smallest absolute Gasteiger partial charge is 0.170 e. The Balaban J connectivity index is 2.67. The van der Waals surface area contributed by atoms with Crippen molar-refractivity contribution in [1.29, 1.82) is 0 Å². The highest BCUT2D eigenvalue weighted by atomic mass is 19.2. The van der Waals surface area contributed by atoms with Crippen molar-refractivity contribution >= 4 is 0 Å². The van der Waals surface area contributed by atoms with Gasteiger partial charge in [-0.15, -0.1) is 0 Å². The minimum Gasteiger partial charge on any atom is -0.206 e. The highest BCUT2D eigenvalue weighted by Gasteiger charge is 2.32. The summed E-state index contributed by atoms with van der Waals surface area (Å²) in [6.45, 7) is 2.38. The molecule has 21 heavy (non-hydrogen) atoms. The molecule has 0 fully saturated rings. The monoisotopic (exact) mass is 300 g/mol. The summed E-state index contributed by atoms with van der Waals surface area (Å²) in [5.74, 6) is -8.87. The van der Waals surface area contributed by atoms with Crippen molar-refractivity contribution in [2.45, 2.75) is 19.3 Å². The van der Waals surface area contributed by atoms with Crippen molar-refractivity contribution in [3.63, 3.8) is 0 Å². The van der Waals surface area contributed by atoms with Gasteiger partial charge in [-0.3, -0.25) is 0 Å². The zero-order valence-electron chi connectivity index (χ0n) is 10.8. The second-order valence-electron chi connectivity index (χ2n) is 4.76. The Morgan fingerprint density at radius 1 is 0.524 bits per heavy atom. The van der Waals surface area contributed by atoms with E-state index >= 15 is 0 Å². The molecular formula is C15H6F6. The summed E-state index contributed by atoms with van der Waals surface area (Å²) in [5, 5.41) is 0. The van der Waals surface area contributed by atoms with Crippen LogP contribution < -0.4 is 0 Å². The summed E-state index contributed by atoms with van der Waals surface area (Å²) in [5.41, 5.74) is -2.91. The maximum absolute atomic E-state index is 13.7. The van der Waals surface area contributed by atoms with Gasteiger partial charge in [0.05, 0.1) is 12.1 Å². The van der Waals surface area contributed by atoms with Crippen molar-refractivity contribution in [1.82, 2.24) is 0 Å². The SMILES string of the molecule is CC(C)(c1[c]c(F)c(F)[c]c1F)c1[c]c(F)c(F)[c]c1F. The Bertz CT molecular complexity index is 646. The van der Waals surface area contributed by atoms with Crippen LogP contribution in [-0.4, -0.2) is 0 Å². The molecule has 2 aromatic carbocycles. The molecule has 0 saturated heterocycles. The van der Waals surface area contributed by atoms with Gasteiger partial charge in [-0.05, 0) is 0 Å². The van der Waals surface area contributed by atoms with Crippen LogP contribution in [0.2, 0.25) is 0 Å². The molecular weight excluding hydrogens is 294 g/mol. The molecule has 0 bridgehead atoms. The molecule has 0 amide bonds. The summed E-state index contributed by atoms with van der Waals surface area (Å²) in [6, 6.07) is 6.51. The van der Waals surface area contributed by atoms with Gasteiger partial charge in [-0.25, -0.2) is 26.3 Å². The molecule has 0 aliphatic carbocycles. The zero-order valence-corrected chi connectivity index (χ0v) is 10.8. The van der Waals surface area contributed by atoms with Gasteiger partial charge in [0, 0.05) is 28.7 Å². The molecule has 0 unspecified atom stereocenters. The largest absolute Gasteiger partial charge is 0.206 e. The molecule has 0 aromatic heterocycles. The maximum atomic E-state index is 13.7. The van der Waals surface area contributed by atoms with Crippen LogP contribution >= 0.6 is 0 Å². The van der Waals surface area contributed by atoms with E-state index in [2.05, 4.69) is 0 Å². The van der Waals surface area contributed by atoms with Crippen molar-refractivity contribution in [3.05, 3.63) is 70.3 Å². The number of hydrogen-bond acceptors (Lipinski definition) is 0. The standard InChI is InChI=1S/C15H6F6/c1-15(2,7-3-11(18)13(20)5-9(7)16)8-4-12(19)14(21)6-10(8)17/h1-2H3. The van der Waals surface area contributed by atoms with Crippen LogP contribution in [0.15, 0.2) is 0 Å². The van der Waals surface area contributed by atoms with Crippen molar-refractivity contribution in [2.24, 2.45) is 0 Å². The van der Waals surface area contributed by atoms with Crippen LogP contribution in [-0.2, 0) is 5.41 Å². The van der Waals surface area contributed by atoms with E-state index in [4.69, 9.17) is 0 Å². The van der Waals surface area contributed by atoms with E-state index in [1.54, 1.807) is 12.1 Å². The number of hydrogen-bond donors (Lipinski definition) is 0. The fourth-order valence-corrected chi connectivity index (χ4v) is 1.85. The highest BCUT2D eigenvalue weighted by molar-refractivity contribution is 5.38. The van der Waals surface area contributed by atoms with Crippen molar-refractivity contribution in [3.8, 4) is 0 Å². The van der Waals surface area contributed by atoms with Crippen LogP contribution in [0.3, 0.4) is 0 Å². The lowest BCUT2D eigenvalue weighted by atomic mass is 9.77. The molecule has 0 nitrogen and oxygen atoms in total. The fraction of sp³-hybridized carbons (Fsp3) is 0.200. The van der Waals surface area contributed by atoms with E-state index in [0.717, 1.165) is 0 Å². The molecule has 0 aliphatic rings. The summed E-state index contributed by atoms with van der Waals surface area (Å²) in [7, 11) is 0. The van der Waals surface area contributed by atoms with Gasteiger partial charge in [0.1, 0.15) is 11.6 Å². The summed E-state index contributed by atoms with van der Waals surface area (Å²) < 4.78 is 79.5. The lowest BCUT2D eigenvalue weighted by Crippen LogP contribution is -2.24. The molecule has 2 rings (SSSR count). The second kappa shape index (κ2) is 5.09. The van der Waals surface area contributed by atoms with Crippen LogP contribution in [0.1, 0.15) is 25.0 Å². The van der Waals surface area contributed by atoms with Gasteiger partial charge < -0.3 is 0 Å². The van der Waals surface area contributed by atoms with Gasteiger partial charge in [-0.2, -0.15) is 0 Å². The van der Waals surface area contributed by atoms with Gasteiger partial charge >= 0.3 is 0 Å². The van der Waals surface area contributed by atoms with Crippen LogP contribution in [0.25, 0.3) is 0 Å². The lowest BCUT2D eigenvalue weighted by molar-refractivity contribution is 0.452. The first-order chi connectivity index (χ1) is 9.64. The lowest BCUT2D eigenvalue weighted by Gasteiger charge is -2.26. The average Bonchev–Trinajstić information content (AvgIpc) is 2.37. The molecule has 0 saturated carbocycles. The van der Waals surface area contributed by atoms with Crippen molar-refractivity contribution in [2.75, 3.05) is 0 Å². The molecule has 4 radical (unpaired) electrons. The topological polar surface area (TPSA) is 0 Å². The van der Waals surface area contributed by atoms with Gasteiger partial charge in [-0.1, -0.05) is 13.8 Å². The maximum Gasteiger partial charge on any atom is 0.170 e.